The summed E-state index contributed by atoms with van der Waals surface area (Å²) in [4.78, 5) is 11.8. The topological polar surface area (TPSA) is 64.4 Å². The molecule has 16 heavy (non-hydrogen) atoms. The molecule has 1 rings (SSSR count). The highest BCUT2D eigenvalue weighted by Gasteiger charge is 2.21. The van der Waals surface area contributed by atoms with Crippen LogP contribution in [0.25, 0.3) is 0 Å². The molecule has 0 aromatic carbocycles. The normalized spacial score (nSPS) is 23.1. The van der Waals surface area contributed by atoms with Gasteiger partial charge in [-0.3, -0.25) is 4.79 Å². The molecule has 1 fully saturated rings. The Morgan fingerprint density at radius 2 is 2.31 bits per heavy atom. The van der Waals surface area contributed by atoms with Crippen LogP contribution < -0.4 is 11.1 Å². The molecule has 1 heterocycles. The van der Waals surface area contributed by atoms with Crippen LogP contribution in [0.1, 0.15) is 26.7 Å². The Labute approximate surface area is 97.9 Å². The maximum Gasteiger partial charge on any atom is 0.224 e. The van der Waals surface area contributed by atoms with E-state index in [1.54, 1.807) is 0 Å². The van der Waals surface area contributed by atoms with Crippen molar-refractivity contribution < 1.29 is 9.53 Å². The highest BCUT2D eigenvalue weighted by Crippen LogP contribution is 2.13. The molecule has 0 aromatic heterocycles. The van der Waals surface area contributed by atoms with Gasteiger partial charge in [0.15, 0.2) is 0 Å². The number of nitrogens with one attached hydrogen (secondary N) is 1. The number of amides is 1. The molecule has 0 radical (unpaired) electrons. The first-order valence-corrected chi connectivity index (χ1v) is 6.20. The van der Waals surface area contributed by atoms with E-state index >= 15 is 0 Å². The predicted molar refractivity (Wildman–Crippen MR) is 63.9 cm³/mol. The zero-order chi connectivity index (χ0) is 12.0. The summed E-state index contributed by atoms with van der Waals surface area (Å²) in [6.45, 7) is 6.84. The van der Waals surface area contributed by atoms with Gasteiger partial charge in [0.25, 0.3) is 0 Å². The Morgan fingerprint density at radius 3 is 2.81 bits per heavy atom. The first kappa shape index (κ1) is 13.5. The molecule has 0 bridgehead atoms. The second kappa shape index (κ2) is 6.86. The fourth-order valence-corrected chi connectivity index (χ4v) is 2.03. The van der Waals surface area contributed by atoms with Gasteiger partial charge in [0.2, 0.25) is 5.91 Å². The van der Waals surface area contributed by atoms with Crippen LogP contribution in [0.2, 0.25) is 0 Å². The molecule has 1 aliphatic heterocycles. The smallest absolute Gasteiger partial charge is 0.224 e. The average molecular weight is 228 g/mol. The number of hydrogen-bond acceptors (Lipinski definition) is 3. The van der Waals surface area contributed by atoms with Gasteiger partial charge >= 0.3 is 0 Å². The summed E-state index contributed by atoms with van der Waals surface area (Å²) in [5.74, 6) is 0.795. The number of hydrogen-bond donors (Lipinski definition) is 2. The lowest BCUT2D eigenvalue weighted by Gasteiger charge is -2.24. The Morgan fingerprint density at radius 1 is 1.56 bits per heavy atom. The lowest BCUT2D eigenvalue weighted by Crippen LogP contribution is -2.41. The third-order valence-electron chi connectivity index (χ3n) is 3.22. The van der Waals surface area contributed by atoms with E-state index < -0.39 is 0 Å². The third kappa shape index (κ3) is 4.10. The minimum atomic E-state index is -0.0653. The van der Waals surface area contributed by atoms with Crippen LogP contribution in [0.4, 0.5) is 0 Å². The zero-order valence-corrected chi connectivity index (χ0v) is 10.4. The predicted octanol–water partition coefficient (Wildman–Crippen LogP) is 0.760. The van der Waals surface area contributed by atoms with Crippen LogP contribution in [-0.4, -0.2) is 32.2 Å². The van der Waals surface area contributed by atoms with Crippen molar-refractivity contribution in [1.29, 1.82) is 0 Å². The molecule has 0 spiro atoms. The van der Waals surface area contributed by atoms with E-state index in [2.05, 4.69) is 5.32 Å². The lowest BCUT2D eigenvalue weighted by atomic mass is 9.94. The van der Waals surface area contributed by atoms with E-state index in [9.17, 15) is 4.79 Å². The summed E-state index contributed by atoms with van der Waals surface area (Å²) in [5.41, 5.74) is 5.60. The van der Waals surface area contributed by atoms with E-state index in [1.807, 2.05) is 13.8 Å². The van der Waals surface area contributed by atoms with Gasteiger partial charge in [-0.15, -0.1) is 0 Å². The minimum absolute atomic E-state index is 0.0653. The highest BCUT2D eigenvalue weighted by molar-refractivity contribution is 5.79. The molecule has 3 N–H and O–H groups in total. The first-order chi connectivity index (χ1) is 7.65. The summed E-state index contributed by atoms with van der Waals surface area (Å²) in [6.07, 6.45) is 2.25. The van der Waals surface area contributed by atoms with Crippen LogP contribution in [-0.2, 0) is 9.53 Å². The van der Waals surface area contributed by atoms with Crippen molar-refractivity contribution in [2.24, 2.45) is 23.5 Å². The molecule has 94 valence electrons. The molecular formula is C12H24N2O2. The highest BCUT2D eigenvalue weighted by atomic mass is 16.5. The SMILES string of the molecule is CC(C)C(CN)C(=O)NCC1CCCOC1. The Hall–Kier alpha value is -0.610. The molecule has 4 heteroatoms. The summed E-state index contributed by atoms with van der Waals surface area (Å²) in [6, 6.07) is 0. The van der Waals surface area contributed by atoms with E-state index in [1.165, 1.54) is 0 Å². The van der Waals surface area contributed by atoms with Gasteiger partial charge in [0.1, 0.15) is 0 Å². The Balaban J connectivity index is 2.27. The maximum atomic E-state index is 11.8. The minimum Gasteiger partial charge on any atom is -0.381 e. The van der Waals surface area contributed by atoms with Gasteiger partial charge in [0.05, 0.1) is 12.5 Å². The standard InChI is InChI=1S/C12H24N2O2/c1-9(2)11(6-13)12(15)14-7-10-4-3-5-16-8-10/h9-11H,3-8,13H2,1-2H3,(H,14,15). The lowest BCUT2D eigenvalue weighted by molar-refractivity contribution is -0.126. The average Bonchev–Trinajstić information content (AvgIpc) is 2.28. The second-order valence-corrected chi connectivity index (χ2v) is 4.91. The molecule has 1 aliphatic rings. The van der Waals surface area contributed by atoms with Gasteiger partial charge in [-0.2, -0.15) is 0 Å². The van der Waals surface area contributed by atoms with Gasteiger partial charge in [-0.1, -0.05) is 13.8 Å². The Bertz CT molecular complexity index is 213. The van der Waals surface area contributed by atoms with Crippen LogP contribution in [0.15, 0.2) is 0 Å². The van der Waals surface area contributed by atoms with Crippen molar-refractivity contribution in [1.82, 2.24) is 5.32 Å². The number of rotatable bonds is 5. The van der Waals surface area contributed by atoms with Crippen LogP contribution in [0, 0.1) is 17.8 Å². The number of ether oxygens (including phenoxy) is 1. The largest absolute Gasteiger partial charge is 0.381 e. The summed E-state index contributed by atoms with van der Waals surface area (Å²) >= 11 is 0. The second-order valence-electron chi connectivity index (χ2n) is 4.91. The molecule has 1 amide bonds. The fraction of sp³-hybridized carbons (Fsp3) is 0.917. The van der Waals surface area contributed by atoms with Gasteiger partial charge in [-0.05, 0) is 24.7 Å². The van der Waals surface area contributed by atoms with Crippen molar-refractivity contribution in [3.8, 4) is 0 Å². The number of nitrogens with two attached hydrogens (primary N) is 1. The van der Waals surface area contributed by atoms with Crippen molar-refractivity contribution in [3.05, 3.63) is 0 Å². The maximum absolute atomic E-state index is 11.8. The van der Waals surface area contributed by atoms with Crippen molar-refractivity contribution in [2.75, 3.05) is 26.3 Å². The fourth-order valence-electron chi connectivity index (χ4n) is 2.03. The summed E-state index contributed by atoms with van der Waals surface area (Å²) in [7, 11) is 0. The molecule has 2 atom stereocenters. The van der Waals surface area contributed by atoms with E-state index in [4.69, 9.17) is 10.5 Å². The third-order valence-corrected chi connectivity index (χ3v) is 3.22. The van der Waals surface area contributed by atoms with E-state index in [0.29, 0.717) is 18.4 Å². The number of carbonyl (C=O) groups is 1. The molecule has 1 saturated heterocycles. The van der Waals surface area contributed by atoms with Gasteiger partial charge in [0, 0.05) is 19.7 Å². The van der Waals surface area contributed by atoms with E-state index in [0.717, 1.165) is 32.6 Å². The van der Waals surface area contributed by atoms with Gasteiger partial charge in [-0.25, -0.2) is 0 Å². The zero-order valence-electron chi connectivity index (χ0n) is 10.4. The molecular weight excluding hydrogens is 204 g/mol. The molecule has 4 nitrogen and oxygen atoms in total. The van der Waals surface area contributed by atoms with Gasteiger partial charge < -0.3 is 15.8 Å². The number of carbonyl (C=O) groups excluding carboxylic acids is 1. The first-order valence-electron chi connectivity index (χ1n) is 6.20. The molecule has 0 saturated carbocycles. The van der Waals surface area contributed by atoms with Crippen LogP contribution >= 0.6 is 0 Å². The van der Waals surface area contributed by atoms with Crippen molar-refractivity contribution in [2.45, 2.75) is 26.7 Å². The van der Waals surface area contributed by atoms with Crippen molar-refractivity contribution in [3.63, 3.8) is 0 Å². The summed E-state index contributed by atoms with van der Waals surface area (Å²) < 4.78 is 5.37. The monoisotopic (exact) mass is 228 g/mol. The summed E-state index contributed by atoms with van der Waals surface area (Å²) in [5, 5.41) is 2.99. The van der Waals surface area contributed by atoms with E-state index in [-0.39, 0.29) is 11.8 Å². The molecule has 0 aliphatic carbocycles. The quantitative estimate of drug-likeness (QED) is 0.730. The molecule has 0 aromatic rings. The Kier molecular flexibility index (Phi) is 5.77. The van der Waals surface area contributed by atoms with Crippen LogP contribution in [0.3, 0.4) is 0 Å². The van der Waals surface area contributed by atoms with Crippen molar-refractivity contribution >= 4 is 5.91 Å². The van der Waals surface area contributed by atoms with Crippen LogP contribution in [0.5, 0.6) is 0 Å². The molecule has 2 unspecified atom stereocenters.